The number of carboxylic acids is 1. The largest absolute Gasteiger partial charge is 0.481 e. The number of carbonyl (C=O) groups excluding carboxylic acids is 1. The van der Waals surface area contributed by atoms with Gasteiger partial charge in [0.05, 0.1) is 17.6 Å². The van der Waals surface area contributed by atoms with Crippen molar-refractivity contribution in [3.05, 3.63) is 0 Å². The van der Waals surface area contributed by atoms with Crippen molar-refractivity contribution in [1.29, 1.82) is 0 Å². The normalized spacial score (nSPS) is 24.0. The molecular formula is C13H22N2O4S. The maximum atomic E-state index is 11.9. The first-order valence-electron chi connectivity index (χ1n) is 7.06. The number of hydrogen-bond donors (Lipinski definition) is 1. The van der Waals surface area contributed by atoms with Gasteiger partial charge in [0.1, 0.15) is 0 Å². The molecule has 0 aromatic heterocycles. The zero-order valence-corrected chi connectivity index (χ0v) is 12.4. The van der Waals surface area contributed by atoms with Crippen LogP contribution in [0.5, 0.6) is 0 Å². The number of carbonyl (C=O) groups is 2. The molecule has 2 aliphatic heterocycles. The number of thioether (sulfide) groups is 1. The van der Waals surface area contributed by atoms with E-state index in [1.807, 2.05) is 4.90 Å². The van der Waals surface area contributed by atoms with Crippen LogP contribution in [0.2, 0.25) is 0 Å². The molecule has 2 heterocycles. The van der Waals surface area contributed by atoms with E-state index in [0.29, 0.717) is 6.10 Å². The minimum Gasteiger partial charge on any atom is -0.481 e. The number of hydrogen-bond acceptors (Lipinski definition) is 5. The van der Waals surface area contributed by atoms with E-state index in [1.54, 1.807) is 0 Å². The van der Waals surface area contributed by atoms with Crippen LogP contribution in [0.25, 0.3) is 0 Å². The van der Waals surface area contributed by atoms with E-state index < -0.39 is 5.97 Å². The molecule has 2 fully saturated rings. The minimum atomic E-state index is -0.871. The molecule has 0 aromatic rings. The molecule has 2 aliphatic rings. The Labute approximate surface area is 123 Å². The van der Waals surface area contributed by atoms with Crippen LogP contribution in [0.4, 0.5) is 0 Å². The molecule has 2 saturated heterocycles. The highest BCUT2D eigenvalue weighted by Gasteiger charge is 2.24. The van der Waals surface area contributed by atoms with Gasteiger partial charge in [-0.3, -0.25) is 14.5 Å². The lowest BCUT2D eigenvalue weighted by Gasteiger charge is -2.35. The standard InChI is InChI=1S/C13H22N2O4S/c16-12(9-20-10-13(17)18)15-5-3-14(4-6-15)8-11-2-1-7-19-11/h11H,1-10H2,(H,17,18). The smallest absolute Gasteiger partial charge is 0.313 e. The fourth-order valence-corrected chi connectivity index (χ4v) is 3.21. The van der Waals surface area contributed by atoms with E-state index >= 15 is 0 Å². The maximum Gasteiger partial charge on any atom is 0.313 e. The molecule has 0 saturated carbocycles. The monoisotopic (exact) mass is 302 g/mol. The third kappa shape index (κ3) is 4.96. The lowest BCUT2D eigenvalue weighted by atomic mass is 10.2. The van der Waals surface area contributed by atoms with Crippen molar-refractivity contribution in [3.8, 4) is 0 Å². The molecule has 0 aliphatic carbocycles. The summed E-state index contributed by atoms with van der Waals surface area (Å²) in [6.07, 6.45) is 2.66. The summed E-state index contributed by atoms with van der Waals surface area (Å²) in [5.74, 6) is -0.569. The number of piperazine rings is 1. The van der Waals surface area contributed by atoms with Crippen LogP contribution < -0.4 is 0 Å². The first-order chi connectivity index (χ1) is 9.65. The summed E-state index contributed by atoms with van der Waals surface area (Å²) < 4.78 is 5.62. The number of ether oxygens (including phenoxy) is 1. The molecular weight excluding hydrogens is 280 g/mol. The first kappa shape index (κ1) is 15.6. The van der Waals surface area contributed by atoms with Gasteiger partial charge in [-0.2, -0.15) is 0 Å². The number of amides is 1. The summed E-state index contributed by atoms with van der Waals surface area (Å²) in [5, 5.41) is 8.54. The van der Waals surface area contributed by atoms with Gasteiger partial charge >= 0.3 is 5.97 Å². The zero-order valence-electron chi connectivity index (χ0n) is 11.6. The second-order valence-corrected chi connectivity index (χ2v) is 6.19. The average Bonchev–Trinajstić information content (AvgIpc) is 2.92. The SMILES string of the molecule is O=C(O)CSCC(=O)N1CCN(CC2CCCO2)CC1. The van der Waals surface area contributed by atoms with E-state index in [4.69, 9.17) is 9.84 Å². The van der Waals surface area contributed by atoms with Gasteiger partial charge in [0.2, 0.25) is 5.91 Å². The molecule has 1 N–H and O–H groups in total. The molecule has 2 rings (SSSR count). The van der Waals surface area contributed by atoms with Crippen LogP contribution in [0, 0.1) is 0 Å². The Bertz CT molecular complexity index is 339. The quantitative estimate of drug-likeness (QED) is 0.752. The predicted octanol–water partition coefficient (Wildman–Crippen LogP) is 0.127. The highest BCUT2D eigenvalue weighted by atomic mass is 32.2. The molecule has 0 aromatic carbocycles. The summed E-state index contributed by atoms with van der Waals surface area (Å²) in [6.45, 7) is 5.09. The van der Waals surface area contributed by atoms with Gasteiger partial charge in [-0.05, 0) is 12.8 Å². The number of aliphatic carboxylic acids is 1. The van der Waals surface area contributed by atoms with Crippen LogP contribution in [-0.4, -0.2) is 83.7 Å². The molecule has 20 heavy (non-hydrogen) atoms. The van der Waals surface area contributed by atoms with Crippen molar-refractivity contribution in [1.82, 2.24) is 9.80 Å². The van der Waals surface area contributed by atoms with Crippen LogP contribution in [0.15, 0.2) is 0 Å². The van der Waals surface area contributed by atoms with E-state index in [2.05, 4.69) is 4.90 Å². The Balaban J connectivity index is 1.62. The minimum absolute atomic E-state index is 0.00920. The molecule has 1 amide bonds. The van der Waals surface area contributed by atoms with Crippen LogP contribution in [0.1, 0.15) is 12.8 Å². The zero-order chi connectivity index (χ0) is 14.4. The van der Waals surface area contributed by atoms with Gasteiger partial charge in [0.25, 0.3) is 0 Å². The maximum absolute atomic E-state index is 11.9. The highest BCUT2D eigenvalue weighted by molar-refractivity contribution is 8.00. The molecule has 6 nitrogen and oxygen atoms in total. The van der Waals surface area contributed by atoms with E-state index in [1.165, 1.54) is 11.8 Å². The summed E-state index contributed by atoms with van der Waals surface area (Å²) in [7, 11) is 0. The van der Waals surface area contributed by atoms with E-state index in [9.17, 15) is 9.59 Å². The van der Waals surface area contributed by atoms with Crippen molar-refractivity contribution >= 4 is 23.6 Å². The Hall–Kier alpha value is -0.790. The summed E-state index contributed by atoms with van der Waals surface area (Å²) in [6, 6.07) is 0. The van der Waals surface area contributed by atoms with Crippen molar-refractivity contribution in [2.24, 2.45) is 0 Å². The van der Waals surface area contributed by atoms with Crippen molar-refractivity contribution in [3.63, 3.8) is 0 Å². The molecule has 7 heteroatoms. The second kappa shape index (κ2) is 7.85. The predicted molar refractivity (Wildman–Crippen MR) is 77.0 cm³/mol. The molecule has 0 spiro atoms. The number of rotatable bonds is 6. The van der Waals surface area contributed by atoms with Crippen LogP contribution in [-0.2, 0) is 14.3 Å². The Morgan fingerprint density at radius 2 is 1.95 bits per heavy atom. The van der Waals surface area contributed by atoms with Gasteiger partial charge < -0.3 is 14.7 Å². The van der Waals surface area contributed by atoms with Gasteiger partial charge in [0.15, 0.2) is 0 Å². The topological polar surface area (TPSA) is 70.1 Å². The van der Waals surface area contributed by atoms with Gasteiger partial charge in [0, 0.05) is 39.3 Å². The molecule has 1 unspecified atom stereocenters. The fourth-order valence-electron chi connectivity index (χ4n) is 2.57. The summed E-state index contributed by atoms with van der Waals surface area (Å²) >= 11 is 1.17. The summed E-state index contributed by atoms with van der Waals surface area (Å²) in [4.78, 5) is 26.5. The molecule has 1 atom stereocenters. The van der Waals surface area contributed by atoms with Crippen molar-refractivity contribution in [2.45, 2.75) is 18.9 Å². The Kier molecular flexibility index (Phi) is 6.12. The molecule has 0 radical (unpaired) electrons. The van der Waals surface area contributed by atoms with Crippen LogP contribution >= 0.6 is 11.8 Å². The second-order valence-electron chi connectivity index (χ2n) is 5.20. The number of carboxylic acid groups (broad SMARTS) is 1. The molecule has 114 valence electrons. The van der Waals surface area contributed by atoms with Gasteiger partial charge in [-0.1, -0.05) is 0 Å². The lowest BCUT2D eigenvalue weighted by Crippen LogP contribution is -2.50. The average molecular weight is 302 g/mol. The highest BCUT2D eigenvalue weighted by Crippen LogP contribution is 2.14. The Morgan fingerprint density at radius 3 is 2.55 bits per heavy atom. The number of nitrogens with zero attached hydrogens (tertiary/aromatic N) is 2. The first-order valence-corrected chi connectivity index (χ1v) is 8.22. The fraction of sp³-hybridized carbons (Fsp3) is 0.846. The van der Waals surface area contributed by atoms with Crippen molar-refractivity contribution < 1.29 is 19.4 Å². The third-order valence-corrected chi connectivity index (χ3v) is 4.56. The molecule has 0 bridgehead atoms. The third-order valence-electron chi connectivity index (χ3n) is 3.66. The lowest BCUT2D eigenvalue weighted by molar-refractivity contribution is -0.133. The summed E-state index contributed by atoms with van der Waals surface area (Å²) in [5.41, 5.74) is 0. The van der Waals surface area contributed by atoms with E-state index in [-0.39, 0.29) is 17.4 Å². The van der Waals surface area contributed by atoms with E-state index in [0.717, 1.165) is 52.2 Å². The van der Waals surface area contributed by atoms with Gasteiger partial charge in [-0.15, -0.1) is 11.8 Å². The Morgan fingerprint density at radius 1 is 1.20 bits per heavy atom. The van der Waals surface area contributed by atoms with Gasteiger partial charge in [-0.25, -0.2) is 0 Å². The van der Waals surface area contributed by atoms with Crippen LogP contribution in [0.3, 0.4) is 0 Å². The van der Waals surface area contributed by atoms with Crippen molar-refractivity contribution in [2.75, 3.05) is 50.8 Å².